The summed E-state index contributed by atoms with van der Waals surface area (Å²) in [6.07, 6.45) is 6.52. The van der Waals surface area contributed by atoms with Crippen LogP contribution >= 0.6 is 15.9 Å². The van der Waals surface area contributed by atoms with Crippen LogP contribution < -0.4 is 4.72 Å². The maximum atomic E-state index is 12.5. The lowest BCUT2D eigenvalue weighted by molar-refractivity contribution is 0.245. The van der Waals surface area contributed by atoms with Crippen LogP contribution in [-0.2, 0) is 16.6 Å². The molecular weight excluding hydrogens is 358 g/mol. The number of hydrogen-bond donors (Lipinski definition) is 2. The number of nitrogens with one attached hydrogen (secondary N) is 1. The van der Waals surface area contributed by atoms with Crippen molar-refractivity contribution in [1.29, 1.82) is 0 Å². The molecule has 1 aliphatic rings. The standard InChI is InChI=1S/C14H22BrNO4S/c1-2-12(10-6-4-3-5-7-10)16-21(18,19)13-8-11(9-17)20-14(13)15/h8,10,12,16-17H,2-7,9H2,1H3. The molecule has 120 valence electrons. The number of rotatable bonds is 6. The van der Waals surface area contributed by atoms with Crippen LogP contribution in [-0.4, -0.2) is 19.6 Å². The second-order valence-corrected chi connectivity index (χ2v) is 7.95. The number of sulfonamides is 1. The van der Waals surface area contributed by atoms with E-state index in [2.05, 4.69) is 20.7 Å². The number of aliphatic hydroxyl groups excluding tert-OH is 1. The van der Waals surface area contributed by atoms with E-state index in [9.17, 15) is 8.42 Å². The van der Waals surface area contributed by atoms with Gasteiger partial charge in [-0.2, -0.15) is 0 Å². The molecule has 1 aliphatic carbocycles. The average molecular weight is 380 g/mol. The van der Waals surface area contributed by atoms with Crippen LogP contribution in [0.4, 0.5) is 0 Å². The number of hydrogen-bond acceptors (Lipinski definition) is 4. The Balaban J connectivity index is 2.16. The predicted molar refractivity (Wildman–Crippen MR) is 83.3 cm³/mol. The van der Waals surface area contributed by atoms with Gasteiger partial charge in [-0.05, 0) is 41.1 Å². The fourth-order valence-corrected chi connectivity index (χ4v) is 5.36. The summed E-state index contributed by atoms with van der Waals surface area (Å²) in [5, 5.41) is 9.04. The van der Waals surface area contributed by atoms with Gasteiger partial charge in [-0.1, -0.05) is 26.2 Å². The second-order valence-electron chi connectivity index (χ2n) is 5.54. The van der Waals surface area contributed by atoms with Crippen molar-refractivity contribution >= 4 is 26.0 Å². The highest BCUT2D eigenvalue weighted by atomic mass is 79.9. The quantitative estimate of drug-likeness (QED) is 0.795. The van der Waals surface area contributed by atoms with Gasteiger partial charge in [0.15, 0.2) is 4.67 Å². The van der Waals surface area contributed by atoms with E-state index in [0.717, 1.165) is 19.3 Å². The Bertz CT molecular complexity index is 564. The Morgan fingerprint density at radius 3 is 2.62 bits per heavy atom. The maximum absolute atomic E-state index is 12.5. The van der Waals surface area contributed by atoms with Gasteiger partial charge in [0, 0.05) is 12.1 Å². The Labute approximate surface area is 134 Å². The van der Waals surface area contributed by atoms with Crippen LogP contribution in [0.5, 0.6) is 0 Å². The first-order valence-electron chi connectivity index (χ1n) is 7.39. The summed E-state index contributed by atoms with van der Waals surface area (Å²) in [6, 6.07) is 1.31. The van der Waals surface area contributed by atoms with Crippen molar-refractivity contribution in [2.75, 3.05) is 0 Å². The summed E-state index contributed by atoms with van der Waals surface area (Å²) < 4.78 is 33.1. The topological polar surface area (TPSA) is 79.5 Å². The third-order valence-electron chi connectivity index (χ3n) is 4.12. The van der Waals surface area contributed by atoms with E-state index < -0.39 is 10.0 Å². The minimum Gasteiger partial charge on any atom is -0.450 e. The number of furan rings is 1. The molecule has 0 amide bonds. The predicted octanol–water partition coefficient (Wildman–Crippen LogP) is 3.17. The summed E-state index contributed by atoms with van der Waals surface area (Å²) >= 11 is 3.10. The summed E-state index contributed by atoms with van der Waals surface area (Å²) in [5.41, 5.74) is 0. The zero-order valence-electron chi connectivity index (χ0n) is 12.1. The molecule has 1 heterocycles. The van der Waals surface area contributed by atoms with E-state index in [1.54, 1.807) is 0 Å². The Kier molecular flexibility index (Phi) is 5.88. The molecule has 0 aliphatic heterocycles. The second kappa shape index (κ2) is 7.26. The Morgan fingerprint density at radius 1 is 1.43 bits per heavy atom. The molecule has 0 aromatic carbocycles. The van der Waals surface area contributed by atoms with Crippen molar-refractivity contribution in [3.63, 3.8) is 0 Å². The minimum absolute atomic E-state index is 0.0466. The SMILES string of the molecule is CCC(NS(=O)(=O)c1cc(CO)oc1Br)C1CCCCC1. The molecule has 1 fully saturated rings. The van der Waals surface area contributed by atoms with E-state index in [1.807, 2.05) is 6.92 Å². The molecule has 0 bridgehead atoms. The van der Waals surface area contributed by atoms with Crippen LogP contribution in [0.25, 0.3) is 0 Å². The van der Waals surface area contributed by atoms with Crippen LogP contribution in [0, 0.1) is 5.92 Å². The molecule has 0 spiro atoms. The van der Waals surface area contributed by atoms with Gasteiger partial charge in [-0.3, -0.25) is 0 Å². The molecule has 7 heteroatoms. The summed E-state index contributed by atoms with van der Waals surface area (Å²) in [5.74, 6) is 0.634. The van der Waals surface area contributed by atoms with Gasteiger partial charge < -0.3 is 9.52 Å². The van der Waals surface area contributed by atoms with Crippen molar-refractivity contribution in [2.24, 2.45) is 5.92 Å². The summed E-state index contributed by atoms with van der Waals surface area (Å²) in [6.45, 7) is 1.68. The van der Waals surface area contributed by atoms with E-state index >= 15 is 0 Å². The van der Waals surface area contributed by atoms with Crippen LogP contribution in [0.3, 0.4) is 0 Å². The fourth-order valence-electron chi connectivity index (χ4n) is 2.97. The Morgan fingerprint density at radius 2 is 2.10 bits per heavy atom. The highest BCUT2D eigenvalue weighted by Gasteiger charge is 2.29. The summed E-state index contributed by atoms with van der Waals surface area (Å²) in [7, 11) is -3.64. The van der Waals surface area contributed by atoms with Gasteiger partial charge in [0.2, 0.25) is 10.0 Å². The lowest BCUT2D eigenvalue weighted by atomic mass is 9.83. The van der Waals surface area contributed by atoms with Crippen LogP contribution in [0.1, 0.15) is 51.2 Å². The molecule has 1 unspecified atom stereocenters. The largest absolute Gasteiger partial charge is 0.450 e. The third-order valence-corrected chi connectivity index (χ3v) is 6.46. The molecule has 1 aromatic rings. The van der Waals surface area contributed by atoms with Gasteiger partial charge in [0.05, 0.1) is 0 Å². The first-order valence-corrected chi connectivity index (χ1v) is 9.67. The molecule has 21 heavy (non-hydrogen) atoms. The lowest BCUT2D eigenvalue weighted by Gasteiger charge is -2.29. The number of halogens is 1. The van der Waals surface area contributed by atoms with Gasteiger partial charge in [-0.15, -0.1) is 0 Å². The normalized spacial score (nSPS) is 18.8. The molecule has 0 radical (unpaired) electrons. The van der Waals surface area contributed by atoms with Crippen LogP contribution in [0.15, 0.2) is 20.0 Å². The fraction of sp³-hybridized carbons (Fsp3) is 0.714. The average Bonchev–Trinajstić information content (AvgIpc) is 2.88. The van der Waals surface area contributed by atoms with E-state index in [0.29, 0.717) is 5.92 Å². The molecule has 2 rings (SSSR count). The van der Waals surface area contributed by atoms with Crippen molar-refractivity contribution < 1.29 is 17.9 Å². The maximum Gasteiger partial charge on any atom is 0.245 e. The summed E-state index contributed by atoms with van der Waals surface area (Å²) in [4.78, 5) is 0.0563. The molecule has 5 nitrogen and oxygen atoms in total. The van der Waals surface area contributed by atoms with Gasteiger partial charge >= 0.3 is 0 Å². The zero-order chi connectivity index (χ0) is 15.5. The Hall–Kier alpha value is -0.370. The molecular formula is C14H22BrNO4S. The monoisotopic (exact) mass is 379 g/mol. The van der Waals surface area contributed by atoms with E-state index in [-0.39, 0.29) is 28.0 Å². The smallest absolute Gasteiger partial charge is 0.245 e. The van der Waals surface area contributed by atoms with Gasteiger partial charge in [0.1, 0.15) is 17.3 Å². The zero-order valence-corrected chi connectivity index (χ0v) is 14.5. The number of aliphatic hydroxyl groups is 1. The van der Waals surface area contributed by atoms with Crippen molar-refractivity contribution in [3.8, 4) is 0 Å². The first-order chi connectivity index (χ1) is 9.97. The van der Waals surface area contributed by atoms with E-state index in [1.165, 1.54) is 25.3 Å². The molecule has 1 atom stereocenters. The first kappa shape index (κ1) is 17.0. The van der Waals surface area contributed by atoms with Gasteiger partial charge in [0.25, 0.3) is 0 Å². The highest BCUT2D eigenvalue weighted by Crippen LogP contribution is 2.30. The minimum atomic E-state index is -3.64. The lowest BCUT2D eigenvalue weighted by Crippen LogP contribution is -2.40. The molecule has 2 N–H and O–H groups in total. The van der Waals surface area contributed by atoms with Crippen molar-refractivity contribution in [3.05, 3.63) is 16.5 Å². The molecule has 1 aromatic heterocycles. The van der Waals surface area contributed by atoms with Gasteiger partial charge in [-0.25, -0.2) is 13.1 Å². The van der Waals surface area contributed by atoms with Crippen LogP contribution in [0.2, 0.25) is 0 Å². The van der Waals surface area contributed by atoms with Crippen molar-refractivity contribution in [1.82, 2.24) is 4.72 Å². The molecule has 0 saturated heterocycles. The third kappa shape index (κ3) is 4.09. The van der Waals surface area contributed by atoms with E-state index in [4.69, 9.17) is 9.52 Å². The highest BCUT2D eigenvalue weighted by molar-refractivity contribution is 9.10. The van der Waals surface area contributed by atoms with Crippen molar-refractivity contribution in [2.45, 2.75) is 63.0 Å². The molecule has 1 saturated carbocycles.